The minimum absolute atomic E-state index is 0.146. The van der Waals surface area contributed by atoms with Crippen molar-refractivity contribution in [2.45, 2.75) is 53.4 Å². The van der Waals surface area contributed by atoms with Crippen LogP contribution in [0.3, 0.4) is 0 Å². The lowest BCUT2D eigenvalue weighted by atomic mass is 9.86. The Bertz CT molecular complexity index is 1770. The maximum atomic E-state index is 6.10. The predicted octanol–water partition coefficient (Wildman–Crippen LogP) is 9.99. The van der Waals surface area contributed by atoms with Gasteiger partial charge in [-0.3, -0.25) is 4.57 Å². The van der Waals surface area contributed by atoms with Crippen LogP contribution in [-0.2, 0) is 11.8 Å². The maximum Gasteiger partial charge on any atom is 0.149 e. The SMILES string of the molecule is CC(C)(C)Cc1ccc2c(-c3nc4ccccc4n3-c3ccc(-c4ccc(C(C)(C)C)cc4)cc3)coc2c1. The molecule has 0 unspecified atom stereocenters. The van der Waals surface area contributed by atoms with Gasteiger partial charge in [0.2, 0.25) is 0 Å². The van der Waals surface area contributed by atoms with Crippen molar-refractivity contribution in [2.75, 3.05) is 0 Å². The summed E-state index contributed by atoms with van der Waals surface area (Å²) < 4.78 is 8.35. The Morgan fingerprint density at radius 3 is 2.08 bits per heavy atom. The molecule has 0 saturated carbocycles. The second-order valence-corrected chi connectivity index (χ2v) is 12.9. The van der Waals surface area contributed by atoms with Crippen molar-refractivity contribution in [3.63, 3.8) is 0 Å². The molecule has 4 aromatic carbocycles. The van der Waals surface area contributed by atoms with E-state index in [-0.39, 0.29) is 10.8 Å². The van der Waals surface area contributed by atoms with Crippen LogP contribution < -0.4 is 0 Å². The number of furan rings is 1. The third kappa shape index (κ3) is 4.90. The van der Waals surface area contributed by atoms with Crippen LogP contribution in [0.4, 0.5) is 0 Å². The van der Waals surface area contributed by atoms with Crippen molar-refractivity contribution in [1.82, 2.24) is 9.55 Å². The normalized spacial score (nSPS) is 12.5. The van der Waals surface area contributed by atoms with Gasteiger partial charge in [0.25, 0.3) is 0 Å². The van der Waals surface area contributed by atoms with Gasteiger partial charge in [-0.25, -0.2) is 4.98 Å². The molecule has 0 saturated heterocycles. The molecular weight excluding hydrogens is 476 g/mol. The van der Waals surface area contributed by atoms with Gasteiger partial charge in [0.15, 0.2) is 0 Å². The van der Waals surface area contributed by atoms with Crippen molar-refractivity contribution >= 4 is 22.0 Å². The summed E-state index contributed by atoms with van der Waals surface area (Å²) in [6, 6.07) is 32.6. The smallest absolute Gasteiger partial charge is 0.149 e. The zero-order valence-electron chi connectivity index (χ0n) is 23.7. The Morgan fingerprint density at radius 1 is 0.744 bits per heavy atom. The van der Waals surface area contributed by atoms with Crippen LogP contribution in [0, 0.1) is 5.41 Å². The average Bonchev–Trinajstić information content (AvgIpc) is 3.48. The number of benzene rings is 4. The number of aromatic nitrogens is 2. The molecule has 6 aromatic rings. The molecule has 6 rings (SSSR count). The number of nitrogens with zero attached hydrogens (tertiary/aromatic N) is 2. The molecule has 3 heteroatoms. The third-order valence-electron chi connectivity index (χ3n) is 7.39. The highest BCUT2D eigenvalue weighted by atomic mass is 16.3. The molecule has 0 aliphatic carbocycles. The van der Waals surface area contributed by atoms with Crippen LogP contribution >= 0.6 is 0 Å². The number of imidazole rings is 1. The first-order chi connectivity index (χ1) is 18.6. The van der Waals surface area contributed by atoms with Crippen LogP contribution in [0.5, 0.6) is 0 Å². The molecule has 0 spiro atoms. The van der Waals surface area contributed by atoms with Gasteiger partial charge < -0.3 is 4.42 Å². The van der Waals surface area contributed by atoms with E-state index in [1.165, 1.54) is 22.3 Å². The van der Waals surface area contributed by atoms with Crippen molar-refractivity contribution in [1.29, 1.82) is 0 Å². The van der Waals surface area contributed by atoms with Gasteiger partial charge in [0, 0.05) is 11.1 Å². The lowest BCUT2D eigenvalue weighted by Crippen LogP contribution is -2.10. The molecule has 39 heavy (non-hydrogen) atoms. The molecular formula is C36H36N2O. The van der Waals surface area contributed by atoms with Gasteiger partial charge in [-0.2, -0.15) is 0 Å². The van der Waals surface area contributed by atoms with Crippen LogP contribution in [-0.4, -0.2) is 9.55 Å². The molecule has 0 N–H and O–H groups in total. The quantitative estimate of drug-likeness (QED) is 0.235. The summed E-state index contributed by atoms with van der Waals surface area (Å²) in [6.07, 6.45) is 2.86. The van der Waals surface area contributed by atoms with Crippen LogP contribution in [0.1, 0.15) is 52.7 Å². The third-order valence-corrected chi connectivity index (χ3v) is 7.39. The summed E-state index contributed by atoms with van der Waals surface area (Å²) in [4.78, 5) is 5.08. The molecule has 0 radical (unpaired) electrons. The van der Waals surface area contributed by atoms with Crippen molar-refractivity contribution in [3.8, 4) is 28.2 Å². The Kier molecular flexibility index (Phi) is 5.99. The van der Waals surface area contributed by atoms with E-state index in [0.717, 1.165) is 45.5 Å². The van der Waals surface area contributed by atoms with Gasteiger partial charge in [-0.15, -0.1) is 0 Å². The van der Waals surface area contributed by atoms with Crippen LogP contribution in [0.25, 0.3) is 50.2 Å². The standard InChI is InChI=1S/C36H36N2O/c1-35(2,3)22-24-11-20-29-30(23-39-33(29)21-24)34-37-31-9-7-8-10-32(31)38(34)28-18-14-26(15-19-28)25-12-16-27(17-13-25)36(4,5)6/h7-21,23H,22H2,1-6H3. The molecule has 0 amide bonds. The molecule has 0 bridgehead atoms. The number of rotatable bonds is 4. The fraction of sp³-hybridized carbons (Fsp3) is 0.250. The lowest BCUT2D eigenvalue weighted by Gasteiger charge is -2.19. The molecule has 0 aliphatic rings. The Labute approximate surface area is 231 Å². The van der Waals surface area contributed by atoms with Gasteiger partial charge in [0.05, 0.1) is 16.6 Å². The number of hydrogen-bond acceptors (Lipinski definition) is 2. The zero-order valence-corrected chi connectivity index (χ0v) is 23.7. The summed E-state index contributed by atoms with van der Waals surface area (Å²) in [7, 11) is 0. The maximum absolute atomic E-state index is 6.10. The van der Waals surface area contributed by atoms with Crippen molar-refractivity contribution in [2.24, 2.45) is 5.41 Å². The highest BCUT2D eigenvalue weighted by Gasteiger charge is 2.20. The molecule has 2 aromatic heterocycles. The monoisotopic (exact) mass is 512 g/mol. The summed E-state index contributed by atoms with van der Waals surface area (Å²) in [5, 5.41) is 1.08. The van der Waals surface area contributed by atoms with Gasteiger partial charge in [-0.05, 0) is 69.8 Å². The van der Waals surface area contributed by atoms with E-state index in [1.807, 2.05) is 12.3 Å². The van der Waals surface area contributed by atoms with Crippen LogP contribution in [0.2, 0.25) is 0 Å². The summed E-state index contributed by atoms with van der Waals surface area (Å²) in [6.45, 7) is 13.5. The van der Waals surface area contributed by atoms with E-state index in [2.05, 4.69) is 131 Å². The minimum atomic E-state index is 0.146. The largest absolute Gasteiger partial charge is 0.464 e. The second kappa shape index (κ2) is 9.27. The second-order valence-electron chi connectivity index (χ2n) is 12.9. The molecule has 0 fully saturated rings. The summed E-state index contributed by atoms with van der Waals surface area (Å²) in [5.41, 5.74) is 10.4. The fourth-order valence-electron chi connectivity index (χ4n) is 5.40. The molecule has 3 nitrogen and oxygen atoms in total. The van der Waals surface area contributed by atoms with E-state index in [4.69, 9.17) is 9.40 Å². The number of fused-ring (bicyclic) bond motifs is 2. The van der Waals surface area contributed by atoms with E-state index < -0.39 is 0 Å². The lowest BCUT2D eigenvalue weighted by molar-refractivity contribution is 0.411. The van der Waals surface area contributed by atoms with Crippen molar-refractivity contribution < 1.29 is 4.42 Å². The molecule has 0 atom stereocenters. The molecule has 2 heterocycles. The minimum Gasteiger partial charge on any atom is -0.464 e. The fourth-order valence-corrected chi connectivity index (χ4v) is 5.40. The highest BCUT2D eigenvalue weighted by Crippen LogP contribution is 2.36. The van der Waals surface area contributed by atoms with Gasteiger partial charge in [0.1, 0.15) is 17.7 Å². The highest BCUT2D eigenvalue weighted by molar-refractivity contribution is 5.95. The number of hydrogen-bond donors (Lipinski definition) is 0. The van der Waals surface area contributed by atoms with E-state index >= 15 is 0 Å². The first-order valence-electron chi connectivity index (χ1n) is 13.8. The van der Waals surface area contributed by atoms with Crippen LogP contribution in [0.15, 0.2) is 102 Å². The Balaban J connectivity index is 1.42. The summed E-state index contributed by atoms with van der Waals surface area (Å²) >= 11 is 0. The van der Waals surface area contributed by atoms with E-state index in [9.17, 15) is 0 Å². The van der Waals surface area contributed by atoms with E-state index in [0.29, 0.717) is 0 Å². The average molecular weight is 513 g/mol. The first-order valence-corrected chi connectivity index (χ1v) is 13.8. The predicted molar refractivity (Wildman–Crippen MR) is 164 cm³/mol. The Morgan fingerprint density at radius 2 is 1.41 bits per heavy atom. The summed E-state index contributed by atoms with van der Waals surface area (Å²) in [5.74, 6) is 0.890. The van der Waals surface area contributed by atoms with Crippen molar-refractivity contribution in [3.05, 3.63) is 108 Å². The first kappa shape index (κ1) is 25.2. The topological polar surface area (TPSA) is 31.0 Å². The zero-order chi connectivity index (χ0) is 27.4. The molecule has 196 valence electrons. The number of para-hydroxylation sites is 2. The van der Waals surface area contributed by atoms with Gasteiger partial charge in [-0.1, -0.05) is 102 Å². The molecule has 0 aliphatic heterocycles. The van der Waals surface area contributed by atoms with Gasteiger partial charge >= 0.3 is 0 Å². The van der Waals surface area contributed by atoms with E-state index in [1.54, 1.807) is 0 Å². The Hall–Kier alpha value is -4.11.